The summed E-state index contributed by atoms with van der Waals surface area (Å²) in [5.74, 6) is -6.60. The number of halogens is 3. The maximum absolute atomic E-state index is 13.6. The van der Waals surface area contributed by atoms with Crippen molar-refractivity contribution in [3.05, 3.63) is 35.1 Å². The van der Waals surface area contributed by atoms with Gasteiger partial charge in [-0.25, -0.2) is 18.0 Å². The van der Waals surface area contributed by atoms with E-state index in [1.54, 1.807) is 0 Å². The van der Waals surface area contributed by atoms with Crippen LogP contribution >= 0.6 is 0 Å². The highest BCUT2D eigenvalue weighted by Gasteiger charge is 2.37. The number of carboxylic acid groups (broad SMARTS) is 1. The van der Waals surface area contributed by atoms with Crippen LogP contribution in [-0.2, 0) is 9.22 Å². The van der Waals surface area contributed by atoms with E-state index in [2.05, 4.69) is 5.32 Å². The van der Waals surface area contributed by atoms with Crippen molar-refractivity contribution in [2.75, 3.05) is 6.61 Å². The van der Waals surface area contributed by atoms with Crippen LogP contribution in [0.25, 0.3) is 0 Å². The molecule has 0 heterocycles. The number of rotatable bonds is 7. The Morgan fingerprint density at radius 1 is 1.19 bits per heavy atom. The first-order valence-electron chi connectivity index (χ1n) is 8.08. The van der Waals surface area contributed by atoms with Gasteiger partial charge in [-0.05, 0) is 18.1 Å². The number of benzene rings is 1. The SMILES string of the molecule is CC(C)(C)[Si](C)(C)OCC[C@@H](NC(=O)c1c(F)cc(F)cc1F)C(=O)O. The summed E-state index contributed by atoms with van der Waals surface area (Å²) >= 11 is 0. The van der Waals surface area contributed by atoms with E-state index in [-0.39, 0.29) is 18.1 Å². The van der Waals surface area contributed by atoms with Crippen LogP contribution in [0, 0.1) is 17.5 Å². The first-order chi connectivity index (χ1) is 11.8. The molecular formula is C17H24F3NO4Si. The zero-order valence-corrected chi connectivity index (χ0v) is 16.5. The highest BCUT2D eigenvalue weighted by atomic mass is 28.4. The highest BCUT2D eigenvalue weighted by molar-refractivity contribution is 6.74. The van der Waals surface area contributed by atoms with Crippen molar-refractivity contribution in [3.63, 3.8) is 0 Å². The molecule has 2 N–H and O–H groups in total. The molecule has 1 amide bonds. The van der Waals surface area contributed by atoms with Crippen molar-refractivity contribution in [1.82, 2.24) is 5.32 Å². The van der Waals surface area contributed by atoms with E-state index in [0.29, 0.717) is 12.1 Å². The number of carbonyl (C=O) groups excluding carboxylic acids is 1. The standard InChI is InChI=1S/C17H24F3NO4Si/c1-17(2,3)26(4,5)25-7-6-13(16(23)24)21-15(22)14-11(19)8-10(18)9-12(14)20/h8-9,13H,6-7H2,1-5H3,(H,21,22)(H,23,24)/t13-/m1/s1. The van der Waals surface area contributed by atoms with Gasteiger partial charge in [0.2, 0.25) is 0 Å². The predicted octanol–water partition coefficient (Wildman–Crippen LogP) is 3.70. The third-order valence-corrected chi connectivity index (χ3v) is 9.05. The average molecular weight is 391 g/mol. The second-order valence-corrected chi connectivity index (χ2v) is 12.3. The van der Waals surface area contributed by atoms with Crippen molar-refractivity contribution in [2.45, 2.75) is 51.4 Å². The van der Waals surface area contributed by atoms with E-state index in [9.17, 15) is 27.9 Å². The van der Waals surface area contributed by atoms with Crippen LogP contribution < -0.4 is 5.32 Å². The Balaban J connectivity index is 2.81. The van der Waals surface area contributed by atoms with E-state index in [0.717, 1.165) is 0 Å². The molecule has 0 radical (unpaired) electrons. The zero-order chi connectivity index (χ0) is 20.3. The molecule has 9 heteroatoms. The number of carboxylic acids is 1. The molecule has 1 aromatic carbocycles. The fourth-order valence-corrected chi connectivity index (χ4v) is 2.96. The minimum Gasteiger partial charge on any atom is -0.480 e. The molecule has 0 fully saturated rings. The second-order valence-electron chi connectivity index (χ2n) is 7.51. The molecule has 0 aliphatic heterocycles. The van der Waals surface area contributed by atoms with Gasteiger partial charge in [0.1, 0.15) is 29.1 Å². The lowest BCUT2D eigenvalue weighted by atomic mass is 10.1. The first kappa shape index (κ1) is 22.2. The predicted molar refractivity (Wildman–Crippen MR) is 93.0 cm³/mol. The Kier molecular flexibility index (Phi) is 7.00. The third-order valence-electron chi connectivity index (χ3n) is 4.51. The zero-order valence-electron chi connectivity index (χ0n) is 15.5. The van der Waals surface area contributed by atoms with E-state index in [4.69, 9.17) is 4.43 Å². The second kappa shape index (κ2) is 8.21. The summed E-state index contributed by atoms with van der Waals surface area (Å²) in [6.07, 6.45) is -0.0714. The average Bonchev–Trinajstić information content (AvgIpc) is 2.43. The van der Waals surface area contributed by atoms with E-state index >= 15 is 0 Å². The normalized spacial score (nSPS) is 13.4. The van der Waals surface area contributed by atoms with Crippen LogP contribution in [0.15, 0.2) is 12.1 Å². The summed E-state index contributed by atoms with van der Waals surface area (Å²) in [5.41, 5.74) is -1.03. The van der Waals surface area contributed by atoms with Gasteiger partial charge in [0, 0.05) is 25.2 Å². The largest absolute Gasteiger partial charge is 0.480 e. The molecule has 0 bridgehead atoms. The lowest BCUT2D eigenvalue weighted by Gasteiger charge is -2.36. The van der Waals surface area contributed by atoms with Gasteiger partial charge >= 0.3 is 5.97 Å². The molecule has 146 valence electrons. The molecule has 26 heavy (non-hydrogen) atoms. The van der Waals surface area contributed by atoms with Gasteiger partial charge < -0.3 is 14.8 Å². The van der Waals surface area contributed by atoms with Crippen LogP contribution in [0.2, 0.25) is 18.1 Å². The summed E-state index contributed by atoms with van der Waals surface area (Å²) in [5, 5.41) is 11.2. The van der Waals surface area contributed by atoms with Crippen molar-refractivity contribution in [3.8, 4) is 0 Å². The van der Waals surface area contributed by atoms with Gasteiger partial charge in [-0.2, -0.15) is 0 Å². The summed E-state index contributed by atoms with van der Waals surface area (Å²) in [6.45, 7) is 10.1. The number of amides is 1. The molecule has 0 saturated heterocycles. The molecular weight excluding hydrogens is 367 g/mol. The molecule has 1 atom stereocenters. The maximum atomic E-state index is 13.6. The van der Waals surface area contributed by atoms with Gasteiger partial charge in [0.25, 0.3) is 5.91 Å². The van der Waals surface area contributed by atoms with E-state index < -0.39 is 49.3 Å². The number of nitrogens with one attached hydrogen (secondary N) is 1. The molecule has 0 saturated carbocycles. The van der Waals surface area contributed by atoms with Gasteiger partial charge in [-0.15, -0.1) is 0 Å². The van der Waals surface area contributed by atoms with Crippen molar-refractivity contribution in [2.24, 2.45) is 0 Å². The van der Waals surface area contributed by atoms with Gasteiger partial charge in [-0.3, -0.25) is 4.79 Å². The Morgan fingerprint density at radius 3 is 2.12 bits per heavy atom. The van der Waals surface area contributed by atoms with Crippen LogP contribution in [0.1, 0.15) is 37.6 Å². The number of aliphatic carboxylic acids is 1. The smallest absolute Gasteiger partial charge is 0.326 e. The monoisotopic (exact) mass is 391 g/mol. The summed E-state index contributed by atoms with van der Waals surface area (Å²) < 4.78 is 46.1. The Bertz CT molecular complexity index is 666. The summed E-state index contributed by atoms with van der Waals surface area (Å²) in [6, 6.07) is -0.682. The van der Waals surface area contributed by atoms with Crippen LogP contribution in [0.5, 0.6) is 0 Å². The molecule has 5 nitrogen and oxygen atoms in total. The Labute approximate surface area is 151 Å². The van der Waals surface area contributed by atoms with Gasteiger partial charge in [0.15, 0.2) is 8.32 Å². The van der Waals surface area contributed by atoms with Crippen molar-refractivity contribution in [1.29, 1.82) is 0 Å². The van der Waals surface area contributed by atoms with Crippen LogP contribution in [0.3, 0.4) is 0 Å². The number of carbonyl (C=O) groups is 2. The maximum Gasteiger partial charge on any atom is 0.326 e. The molecule has 1 aromatic rings. The van der Waals surface area contributed by atoms with Gasteiger partial charge in [0.05, 0.1) is 0 Å². The molecule has 0 aliphatic carbocycles. The lowest BCUT2D eigenvalue weighted by molar-refractivity contribution is -0.139. The molecule has 0 aliphatic rings. The van der Waals surface area contributed by atoms with Gasteiger partial charge in [-0.1, -0.05) is 20.8 Å². The van der Waals surface area contributed by atoms with Crippen LogP contribution in [-0.4, -0.2) is 37.9 Å². The molecule has 1 rings (SSSR count). The first-order valence-corrected chi connectivity index (χ1v) is 11.0. The number of hydrogen-bond donors (Lipinski definition) is 2. The molecule has 0 spiro atoms. The minimum absolute atomic E-state index is 0.0714. The summed E-state index contributed by atoms with van der Waals surface area (Å²) in [4.78, 5) is 23.4. The fraction of sp³-hybridized carbons (Fsp3) is 0.529. The van der Waals surface area contributed by atoms with Crippen LogP contribution in [0.4, 0.5) is 13.2 Å². The topological polar surface area (TPSA) is 75.6 Å². The van der Waals surface area contributed by atoms with Crippen molar-refractivity contribution < 1.29 is 32.3 Å². The Hall–Kier alpha value is -1.87. The summed E-state index contributed by atoms with van der Waals surface area (Å²) in [7, 11) is -2.10. The van der Waals surface area contributed by atoms with E-state index in [1.807, 2.05) is 33.9 Å². The Morgan fingerprint density at radius 2 is 1.69 bits per heavy atom. The third kappa shape index (κ3) is 5.57. The molecule has 0 aromatic heterocycles. The number of hydrogen-bond acceptors (Lipinski definition) is 3. The lowest BCUT2D eigenvalue weighted by Crippen LogP contribution is -2.45. The van der Waals surface area contributed by atoms with Crippen molar-refractivity contribution >= 4 is 20.2 Å². The fourth-order valence-electron chi connectivity index (χ4n) is 1.90. The quantitative estimate of drug-likeness (QED) is 0.695. The highest BCUT2D eigenvalue weighted by Crippen LogP contribution is 2.36. The minimum atomic E-state index is -2.10. The van der Waals surface area contributed by atoms with E-state index in [1.165, 1.54) is 0 Å². The molecule has 0 unspecified atom stereocenters.